The van der Waals surface area contributed by atoms with Gasteiger partial charge in [-0.2, -0.15) is 0 Å². The molecule has 0 heterocycles. The minimum absolute atomic E-state index is 0.0735. The highest BCUT2D eigenvalue weighted by molar-refractivity contribution is 5.33. The van der Waals surface area contributed by atoms with Crippen LogP contribution in [0.1, 0.15) is 88.0 Å². The van der Waals surface area contributed by atoms with Crippen molar-refractivity contribution >= 4 is 0 Å². The van der Waals surface area contributed by atoms with Crippen LogP contribution in [0.25, 0.3) is 0 Å². The lowest BCUT2D eigenvalue weighted by Crippen LogP contribution is -2.40. The molecule has 230 valence electrons. The Bertz CT molecular complexity index is 1170. The molecule has 3 atom stereocenters. The second kappa shape index (κ2) is 19.3. The van der Waals surface area contributed by atoms with Crippen molar-refractivity contribution in [2.75, 3.05) is 7.11 Å². The van der Waals surface area contributed by atoms with E-state index in [1.807, 2.05) is 6.92 Å². The van der Waals surface area contributed by atoms with Gasteiger partial charge in [0.1, 0.15) is 0 Å². The van der Waals surface area contributed by atoms with Crippen molar-refractivity contribution in [1.82, 2.24) is 0 Å². The zero-order valence-electron chi connectivity index (χ0n) is 28.2. The minimum atomic E-state index is -0.698. The Balaban J connectivity index is 2.66. The lowest BCUT2D eigenvalue weighted by Gasteiger charge is -2.36. The number of hydrogen-bond acceptors (Lipinski definition) is 2. The number of allylic oxidation sites excluding steroid dienone is 21. The molecule has 0 unspecified atom stereocenters. The molecule has 1 saturated carbocycles. The van der Waals surface area contributed by atoms with Crippen LogP contribution in [0.5, 0.6) is 0 Å². The third-order valence-corrected chi connectivity index (χ3v) is 8.00. The fourth-order valence-electron chi connectivity index (χ4n) is 5.14. The van der Waals surface area contributed by atoms with Gasteiger partial charge in [0, 0.05) is 13.0 Å². The summed E-state index contributed by atoms with van der Waals surface area (Å²) in [5, 5.41) is 10.9. The average molecular weight is 571 g/mol. The van der Waals surface area contributed by atoms with Gasteiger partial charge in [-0.1, -0.05) is 131 Å². The molecule has 0 amide bonds. The predicted molar refractivity (Wildman–Crippen MR) is 186 cm³/mol. The largest absolute Gasteiger partial charge is 0.390 e. The maximum absolute atomic E-state index is 10.9. The smallest absolute Gasteiger partial charge is 0.0686 e. The van der Waals surface area contributed by atoms with Crippen LogP contribution >= 0.6 is 0 Å². The van der Waals surface area contributed by atoms with E-state index in [2.05, 4.69) is 159 Å². The van der Waals surface area contributed by atoms with E-state index in [0.717, 1.165) is 31.3 Å². The van der Waals surface area contributed by atoms with E-state index in [9.17, 15) is 5.11 Å². The number of hydrogen-bond donors (Lipinski definition) is 1. The van der Waals surface area contributed by atoms with Gasteiger partial charge in [0.25, 0.3) is 0 Å². The van der Waals surface area contributed by atoms with Gasteiger partial charge >= 0.3 is 0 Å². The molecule has 0 aromatic heterocycles. The molecule has 1 aliphatic rings. The monoisotopic (exact) mass is 570 g/mol. The van der Waals surface area contributed by atoms with Gasteiger partial charge in [-0.3, -0.25) is 0 Å². The number of methoxy groups -OCH3 is 1. The summed E-state index contributed by atoms with van der Waals surface area (Å²) < 4.78 is 5.75. The summed E-state index contributed by atoms with van der Waals surface area (Å²) in [5.74, 6) is 0.365. The van der Waals surface area contributed by atoms with Crippen molar-refractivity contribution in [2.45, 2.75) is 99.2 Å². The first kappa shape index (κ1) is 37.1. The maximum Gasteiger partial charge on any atom is 0.0686 e. The zero-order chi connectivity index (χ0) is 31.6. The van der Waals surface area contributed by atoms with E-state index >= 15 is 0 Å². The fraction of sp³-hybridized carbons (Fsp3) is 0.450. The summed E-state index contributed by atoms with van der Waals surface area (Å²) in [6.07, 6.45) is 40.1. The molecule has 2 heteroatoms. The average Bonchev–Trinajstić information content (AvgIpc) is 3.24. The number of aliphatic hydroxyl groups is 1. The Kier molecular flexibility index (Phi) is 17.0. The Hall–Kier alpha value is -2.94. The van der Waals surface area contributed by atoms with Crippen molar-refractivity contribution in [2.24, 2.45) is 11.8 Å². The van der Waals surface area contributed by atoms with Crippen LogP contribution in [0.2, 0.25) is 0 Å². The van der Waals surface area contributed by atoms with E-state index in [0.29, 0.717) is 5.92 Å². The summed E-state index contributed by atoms with van der Waals surface area (Å²) in [6.45, 7) is 18.9. The molecule has 0 aromatic rings. The van der Waals surface area contributed by atoms with E-state index in [4.69, 9.17) is 4.74 Å². The summed E-state index contributed by atoms with van der Waals surface area (Å²) >= 11 is 0. The molecule has 42 heavy (non-hydrogen) atoms. The fourth-order valence-corrected chi connectivity index (χ4v) is 5.14. The summed E-state index contributed by atoms with van der Waals surface area (Å²) in [6, 6.07) is 0. The Labute approximate surface area is 258 Å². The molecule has 1 aliphatic carbocycles. The van der Waals surface area contributed by atoms with Crippen LogP contribution in [0, 0.1) is 11.8 Å². The molecule has 1 N–H and O–H groups in total. The molecule has 0 aliphatic heterocycles. The number of rotatable bonds is 15. The van der Waals surface area contributed by atoms with Gasteiger partial charge in [0.05, 0.1) is 11.2 Å². The lowest BCUT2D eigenvalue weighted by atomic mass is 9.78. The zero-order valence-corrected chi connectivity index (χ0v) is 28.2. The molecular weight excluding hydrogens is 512 g/mol. The molecule has 0 radical (unpaired) electrons. The van der Waals surface area contributed by atoms with Gasteiger partial charge in [-0.15, -0.1) is 0 Å². The normalized spacial score (nSPS) is 24.4. The lowest BCUT2D eigenvalue weighted by molar-refractivity contribution is -0.0566. The van der Waals surface area contributed by atoms with Gasteiger partial charge in [0.2, 0.25) is 0 Å². The van der Waals surface area contributed by atoms with Crippen molar-refractivity contribution in [3.05, 3.63) is 131 Å². The third-order valence-electron chi connectivity index (χ3n) is 8.00. The van der Waals surface area contributed by atoms with Gasteiger partial charge in [0.15, 0.2) is 0 Å². The molecule has 2 nitrogen and oxygen atoms in total. The van der Waals surface area contributed by atoms with E-state index in [1.54, 1.807) is 7.11 Å². The molecule has 0 bridgehead atoms. The second-order valence-electron chi connectivity index (χ2n) is 12.4. The summed E-state index contributed by atoms with van der Waals surface area (Å²) in [4.78, 5) is 0. The Morgan fingerprint density at radius 2 is 1.40 bits per heavy atom. The highest BCUT2D eigenvalue weighted by Crippen LogP contribution is 2.47. The first-order valence-corrected chi connectivity index (χ1v) is 15.4. The predicted octanol–water partition coefficient (Wildman–Crippen LogP) is 11.1. The van der Waals surface area contributed by atoms with Crippen molar-refractivity contribution < 1.29 is 9.84 Å². The van der Waals surface area contributed by atoms with Crippen LogP contribution in [0.3, 0.4) is 0 Å². The second-order valence-corrected chi connectivity index (χ2v) is 12.4. The van der Waals surface area contributed by atoms with E-state index < -0.39 is 5.60 Å². The highest BCUT2D eigenvalue weighted by atomic mass is 16.5. The Morgan fingerprint density at radius 1 is 0.810 bits per heavy atom. The topological polar surface area (TPSA) is 29.5 Å². The van der Waals surface area contributed by atoms with Gasteiger partial charge in [-0.25, -0.2) is 0 Å². The molecule has 0 saturated heterocycles. The molecular formula is C40H58O2. The third kappa shape index (κ3) is 14.8. The van der Waals surface area contributed by atoms with Crippen molar-refractivity contribution in [3.63, 3.8) is 0 Å². The first-order chi connectivity index (χ1) is 19.8. The minimum Gasteiger partial charge on any atom is -0.390 e. The van der Waals surface area contributed by atoms with Crippen molar-refractivity contribution in [1.29, 1.82) is 0 Å². The van der Waals surface area contributed by atoms with Crippen LogP contribution in [0.4, 0.5) is 0 Å². The summed E-state index contributed by atoms with van der Waals surface area (Å²) in [7, 11) is 1.76. The van der Waals surface area contributed by atoms with Crippen LogP contribution < -0.4 is 0 Å². The van der Waals surface area contributed by atoms with Crippen molar-refractivity contribution in [3.8, 4) is 0 Å². The number of ether oxygens (including phenoxy) is 1. The van der Waals surface area contributed by atoms with E-state index in [-0.39, 0.29) is 11.5 Å². The SMILES string of the molecule is C/C=C/CC/C(C)=C/C=C/C=C/C(C)=C/C(C)=C/C=C/C=C(C)/C=C/C=C(C)/C=C/[C@@H]1[C@@H](C(C)(C)OC)CC[C@]1(C)O. The van der Waals surface area contributed by atoms with E-state index in [1.165, 1.54) is 22.3 Å². The van der Waals surface area contributed by atoms with Gasteiger partial charge in [-0.05, 0) is 93.9 Å². The highest BCUT2D eigenvalue weighted by Gasteiger charge is 2.48. The molecule has 0 aromatic carbocycles. The van der Waals surface area contributed by atoms with Crippen LogP contribution in [-0.4, -0.2) is 23.4 Å². The Morgan fingerprint density at radius 3 is 2.07 bits per heavy atom. The first-order valence-electron chi connectivity index (χ1n) is 15.4. The maximum atomic E-state index is 10.9. The van der Waals surface area contributed by atoms with Gasteiger partial charge < -0.3 is 9.84 Å². The molecule has 1 rings (SSSR count). The standard InChI is InChI=1S/C40H58O2/c1-11-12-14-20-32(2)21-15-13-16-23-35(5)31-36(6)24-18-17-22-33(3)25-19-26-34(4)27-28-38-37(39(7,8)42-10)29-30-40(38,9)41/h11-13,15-19,21-28,31,37-38,41H,14,20,29-30H2,1-10H3/b12-11+,15-13+,18-17+,23-16+,25-19+,28-27+,32-21+,33-22+,34-26+,35-31+,36-24+/t37-,38+,40-/m0/s1. The van der Waals surface area contributed by atoms with Crippen LogP contribution in [0.15, 0.2) is 131 Å². The summed E-state index contributed by atoms with van der Waals surface area (Å²) in [5.41, 5.74) is 5.20. The quantitative estimate of drug-likeness (QED) is 0.157. The van der Waals surface area contributed by atoms with Crippen LogP contribution in [-0.2, 0) is 4.74 Å². The molecule has 0 spiro atoms. The molecule has 1 fully saturated rings.